The van der Waals surface area contributed by atoms with Crippen LogP contribution in [0.2, 0.25) is 5.02 Å². The van der Waals surface area contributed by atoms with Gasteiger partial charge in [0.15, 0.2) is 5.76 Å². The third-order valence-corrected chi connectivity index (χ3v) is 2.13. The Kier molecular flexibility index (Phi) is 2.15. The molecule has 1 aromatic heterocycles. The summed E-state index contributed by atoms with van der Waals surface area (Å²) in [5.41, 5.74) is 2.01. The Bertz CT molecular complexity index is 493. The minimum atomic E-state index is -0.456. The maximum absolute atomic E-state index is 11.2. The average Bonchev–Trinajstić information content (AvgIpc) is 2.59. The topological polar surface area (TPSA) is 68.3 Å². The number of hydrogen-bond donors (Lipinski definition) is 2. The fourth-order valence-electron chi connectivity index (χ4n) is 1.27. The monoisotopic (exact) mass is 210 g/mol. The molecule has 5 heteroatoms. The van der Waals surface area contributed by atoms with Gasteiger partial charge in [0, 0.05) is 15.8 Å². The predicted molar refractivity (Wildman–Crippen MR) is 52.9 cm³/mol. The first kappa shape index (κ1) is 9.05. The number of furan rings is 1. The minimum absolute atomic E-state index is 0.194. The molecule has 0 fully saturated rings. The van der Waals surface area contributed by atoms with Crippen LogP contribution in [-0.2, 0) is 0 Å². The third kappa shape index (κ3) is 1.34. The lowest BCUT2D eigenvalue weighted by Crippen LogP contribution is -2.29. The number of nitrogen functional groups attached to an aromatic ring is 1. The van der Waals surface area contributed by atoms with Gasteiger partial charge < -0.3 is 4.42 Å². The molecule has 0 aliphatic rings. The normalized spacial score (nSPS) is 10.4. The van der Waals surface area contributed by atoms with Gasteiger partial charge in [-0.15, -0.1) is 0 Å². The van der Waals surface area contributed by atoms with Crippen LogP contribution in [0.15, 0.2) is 28.9 Å². The number of fused-ring (bicyclic) bond motifs is 1. The molecule has 0 saturated heterocycles. The third-order valence-electron chi connectivity index (χ3n) is 1.90. The molecule has 2 rings (SSSR count). The highest BCUT2D eigenvalue weighted by molar-refractivity contribution is 6.31. The quantitative estimate of drug-likeness (QED) is 0.428. The van der Waals surface area contributed by atoms with E-state index < -0.39 is 5.91 Å². The molecular formula is C9H7ClN2O2. The fraction of sp³-hybridized carbons (Fsp3) is 0. The number of carbonyl (C=O) groups excluding carboxylic acids is 1. The van der Waals surface area contributed by atoms with E-state index in [-0.39, 0.29) is 5.76 Å². The first-order valence-corrected chi connectivity index (χ1v) is 4.28. The molecule has 0 radical (unpaired) electrons. The molecule has 1 heterocycles. The summed E-state index contributed by atoms with van der Waals surface area (Å²) >= 11 is 5.77. The van der Waals surface area contributed by atoms with Gasteiger partial charge in [-0.05, 0) is 18.2 Å². The summed E-state index contributed by atoms with van der Waals surface area (Å²) in [6.07, 6.45) is 1.46. The fourth-order valence-corrected chi connectivity index (χ4v) is 1.45. The highest BCUT2D eigenvalue weighted by Gasteiger charge is 2.13. The Morgan fingerprint density at radius 1 is 1.50 bits per heavy atom. The Morgan fingerprint density at radius 3 is 3.00 bits per heavy atom. The summed E-state index contributed by atoms with van der Waals surface area (Å²) in [6.45, 7) is 0. The van der Waals surface area contributed by atoms with Crippen molar-refractivity contribution >= 4 is 28.3 Å². The van der Waals surface area contributed by atoms with E-state index in [0.717, 1.165) is 5.39 Å². The molecule has 0 saturated carbocycles. The number of halogens is 1. The summed E-state index contributed by atoms with van der Waals surface area (Å²) in [4.78, 5) is 11.2. The molecule has 0 atom stereocenters. The predicted octanol–water partition coefficient (Wildman–Crippen LogP) is 1.69. The van der Waals surface area contributed by atoms with Crippen LogP contribution in [0, 0.1) is 0 Å². The molecule has 3 N–H and O–H groups in total. The van der Waals surface area contributed by atoms with E-state index in [4.69, 9.17) is 21.9 Å². The summed E-state index contributed by atoms with van der Waals surface area (Å²) in [7, 11) is 0. The van der Waals surface area contributed by atoms with Crippen molar-refractivity contribution in [3.63, 3.8) is 0 Å². The van der Waals surface area contributed by atoms with E-state index in [0.29, 0.717) is 10.4 Å². The number of benzene rings is 1. The smallest absolute Gasteiger partial charge is 0.301 e. The van der Waals surface area contributed by atoms with E-state index in [1.807, 2.05) is 5.43 Å². The van der Waals surface area contributed by atoms with E-state index in [1.54, 1.807) is 18.2 Å². The molecule has 72 valence electrons. The van der Waals surface area contributed by atoms with Crippen molar-refractivity contribution in [1.29, 1.82) is 0 Å². The first-order chi connectivity index (χ1) is 6.72. The highest BCUT2D eigenvalue weighted by atomic mass is 35.5. The van der Waals surface area contributed by atoms with Crippen LogP contribution in [0.4, 0.5) is 0 Å². The second kappa shape index (κ2) is 3.32. The van der Waals surface area contributed by atoms with Gasteiger partial charge in [-0.2, -0.15) is 0 Å². The van der Waals surface area contributed by atoms with Crippen LogP contribution in [0.3, 0.4) is 0 Å². The number of nitrogens with two attached hydrogens (primary N) is 1. The second-order valence-electron chi connectivity index (χ2n) is 2.77. The Labute approximate surface area is 84.6 Å². The van der Waals surface area contributed by atoms with Crippen molar-refractivity contribution in [3.8, 4) is 0 Å². The number of carbonyl (C=O) groups is 1. The van der Waals surface area contributed by atoms with Crippen LogP contribution in [0.5, 0.6) is 0 Å². The Morgan fingerprint density at radius 2 is 2.29 bits per heavy atom. The molecule has 1 amide bonds. The maximum atomic E-state index is 11.2. The molecule has 0 aliphatic carbocycles. The number of amides is 1. The van der Waals surface area contributed by atoms with Crippen LogP contribution in [-0.4, -0.2) is 5.91 Å². The zero-order valence-corrected chi connectivity index (χ0v) is 7.84. The van der Waals surface area contributed by atoms with Gasteiger partial charge >= 0.3 is 5.91 Å². The lowest BCUT2D eigenvalue weighted by molar-refractivity contribution is 0.0928. The first-order valence-electron chi connectivity index (χ1n) is 3.90. The van der Waals surface area contributed by atoms with Crippen molar-refractivity contribution in [2.45, 2.75) is 0 Å². The Hall–Kier alpha value is -1.52. The minimum Gasteiger partial charge on any atom is -0.458 e. The second-order valence-corrected chi connectivity index (χ2v) is 3.21. The van der Waals surface area contributed by atoms with Crippen LogP contribution in [0.1, 0.15) is 10.6 Å². The van der Waals surface area contributed by atoms with Crippen LogP contribution < -0.4 is 11.3 Å². The molecule has 1 aromatic carbocycles. The molecule has 0 spiro atoms. The van der Waals surface area contributed by atoms with Crippen LogP contribution in [0.25, 0.3) is 10.8 Å². The van der Waals surface area contributed by atoms with E-state index in [1.165, 1.54) is 6.26 Å². The van der Waals surface area contributed by atoms with Crippen molar-refractivity contribution in [1.82, 2.24) is 5.43 Å². The lowest BCUT2D eigenvalue weighted by Gasteiger charge is -1.95. The molecular weight excluding hydrogens is 204 g/mol. The summed E-state index contributed by atoms with van der Waals surface area (Å²) in [5, 5.41) is 2.06. The van der Waals surface area contributed by atoms with Gasteiger partial charge in [0.05, 0.1) is 6.26 Å². The van der Waals surface area contributed by atoms with E-state index in [9.17, 15) is 4.79 Å². The number of rotatable bonds is 1. The molecule has 14 heavy (non-hydrogen) atoms. The van der Waals surface area contributed by atoms with Gasteiger partial charge in [0.1, 0.15) is 0 Å². The SMILES string of the molecule is NNC(=O)c1occ2cc(Cl)ccc12. The van der Waals surface area contributed by atoms with E-state index in [2.05, 4.69) is 0 Å². The van der Waals surface area contributed by atoms with Gasteiger partial charge in [0.2, 0.25) is 0 Å². The highest BCUT2D eigenvalue weighted by Crippen LogP contribution is 2.24. The largest absolute Gasteiger partial charge is 0.458 e. The number of hydrogen-bond acceptors (Lipinski definition) is 3. The van der Waals surface area contributed by atoms with Gasteiger partial charge in [-0.25, -0.2) is 5.84 Å². The van der Waals surface area contributed by atoms with Crippen molar-refractivity contribution < 1.29 is 9.21 Å². The van der Waals surface area contributed by atoms with Gasteiger partial charge in [-0.1, -0.05) is 11.6 Å². The zero-order chi connectivity index (χ0) is 10.1. The molecule has 4 nitrogen and oxygen atoms in total. The van der Waals surface area contributed by atoms with Crippen LogP contribution >= 0.6 is 11.6 Å². The van der Waals surface area contributed by atoms with E-state index >= 15 is 0 Å². The maximum Gasteiger partial charge on any atom is 0.301 e. The standard InChI is InChI=1S/C9H7ClN2O2/c10-6-1-2-7-5(3-6)4-14-8(7)9(13)12-11/h1-4H,11H2,(H,12,13). The van der Waals surface area contributed by atoms with Gasteiger partial charge in [0.25, 0.3) is 0 Å². The molecule has 0 aliphatic heterocycles. The number of nitrogens with one attached hydrogen (secondary N) is 1. The summed E-state index contributed by atoms with van der Waals surface area (Å²) in [6, 6.07) is 5.12. The molecule has 2 aromatic rings. The lowest BCUT2D eigenvalue weighted by atomic mass is 10.2. The average molecular weight is 211 g/mol. The molecule has 0 bridgehead atoms. The van der Waals surface area contributed by atoms with Crippen molar-refractivity contribution in [2.24, 2.45) is 5.84 Å². The number of hydrazine groups is 1. The zero-order valence-electron chi connectivity index (χ0n) is 7.08. The van der Waals surface area contributed by atoms with Crippen molar-refractivity contribution in [2.75, 3.05) is 0 Å². The van der Waals surface area contributed by atoms with Crippen molar-refractivity contribution in [3.05, 3.63) is 35.2 Å². The van der Waals surface area contributed by atoms with Gasteiger partial charge in [-0.3, -0.25) is 10.2 Å². The summed E-state index contributed by atoms with van der Waals surface area (Å²) < 4.78 is 5.07. The summed E-state index contributed by atoms with van der Waals surface area (Å²) in [5.74, 6) is 4.74. The molecule has 0 unspecified atom stereocenters. The Balaban J connectivity index is 2.64.